The minimum absolute atomic E-state index is 0.00291. The summed E-state index contributed by atoms with van der Waals surface area (Å²) >= 11 is 0. The Morgan fingerprint density at radius 2 is 0.851 bits per heavy atom. The van der Waals surface area contributed by atoms with E-state index in [4.69, 9.17) is 0 Å². The van der Waals surface area contributed by atoms with Gasteiger partial charge >= 0.3 is 0 Å². The van der Waals surface area contributed by atoms with Crippen molar-refractivity contribution in [3.63, 3.8) is 0 Å². The molecule has 0 aromatic carbocycles. The Kier molecular flexibility index (Phi) is 49.5. The molecule has 0 bridgehead atoms. The van der Waals surface area contributed by atoms with Crippen molar-refractivity contribution in [3.8, 4) is 0 Å². The second-order valence-corrected chi connectivity index (χ2v) is 27.7. The molecule has 87 heavy (non-hydrogen) atoms. The number of hydrogen-bond donors (Lipinski definition) is 8. The van der Waals surface area contributed by atoms with Gasteiger partial charge in [0, 0.05) is 11.8 Å². The quantitative estimate of drug-likeness (QED) is 0.0896. The number of aliphatic hydroxyl groups is 8. The second-order valence-electron chi connectivity index (χ2n) is 27.7. The molecule has 0 spiro atoms. The molecule has 0 radical (unpaired) electrons. The second kappa shape index (κ2) is 52.1. The summed E-state index contributed by atoms with van der Waals surface area (Å²) in [4.78, 5) is 0. The van der Waals surface area contributed by atoms with Crippen molar-refractivity contribution in [1.29, 1.82) is 0 Å². The van der Waals surface area contributed by atoms with Gasteiger partial charge in [-0.05, 0) is 284 Å². The molecule has 0 aromatic heterocycles. The highest BCUT2D eigenvalue weighted by Gasteiger charge is 2.28. The predicted molar refractivity (Wildman–Crippen MR) is 374 cm³/mol. The van der Waals surface area contributed by atoms with Crippen molar-refractivity contribution < 1.29 is 40.9 Å². The first-order valence-corrected chi connectivity index (χ1v) is 36.3. The molecule has 8 rings (SSSR count). The average molecular weight is 1220 g/mol. The molecule has 8 saturated carbocycles. The summed E-state index contributed by atoms with van der Waals surface area (Å²) < 4.78 is 0. The maximum absolute atomic E-state index is 9.63. The van der Waals surface area contributed by atoms with E-state index in [2.05, 4.69) is 143 Å². The normalized spacial score (nSPS) is 34.2. The Bertz CT molecular complexity index is 1850. The van der Waals surface area contributed by atoms with Gasteiger partial charge in [-0.25, -0.2) is 0 Å². The molecule has 11 unspecified atom stereocenters. The molecule has 8 aliphatic rings. The SMILES string of the molecule is C/C=C(\C)C1CCC(O)CC1.C/C=C(\C)C1CCCC(O)C1.C/C=C(\C)C1CCCCC1O.C/C=C/CC1CCC(O)CC1.C/C=C/CC1CCCC(O)C1.C/C=C/CC1CCCCC1O.C=CC1C(C)CCCC1O.CC/C=C/C1CCC(O)CC1. The largest absolute Gasteiger partial charge is 0.393 e. The molecule has 506 valence electrons. The molecule has 0 amide bonds. The Morgan fingerprint density at radius 1 is 0.391 bits per heavy atom. The molecule has 0 aromatic rings. The topological polar surface area (TPSA) is 162 Å². The van der Waals surface area contributed by atoms with E-state index in [-0.39, 0.29) is 48.8 Å². The van der Waals surface area contributed by atoms with Crippen LogP contribution in [0.5, 0.6) is 0 Å². The summed E-state index contributed by atoms with van der Waals surface area (Å²) in [7, 11) is 0. The third-order valence-electron chi connectivity index (χ3n) is 20.8. The monoisotopic (exact) mass is 1220 g/mol. The first kappa shape index (κ1) is 82.6. The average Bonchev–Trinajstić information content (AvgIpc) is 3.62. The van der Waals surface area contributed by atoms with Crippen LogP contribution in [-0.4, -0.2) is 89.7 Å². The van der Waals surface area contributed by atoms with Crippen LogP contribution in [0.25, 0.3) is 0 Å². The minimum atomic E-state index is -0.124. The predicted octanol–water partition coefficient (Wildman–Crippen LogP) is 19.5. The zero-order valence-electron chi connectivity index (χ0n) is 58.3. The van der Waals surface area contributed by atoms with Gasteiger partial charge in [0.05, 0.1) is 48.8 Å². The molecule has 8 nitrogen and oxygen atoms in total. The van der Waals surface area contributed by atoms with Gasteiger partial charge in [-0.2, -0.15) is 0 Å². The Morgan fingerprint density at radius 3 is 1.33 bits per heavy atom. The van der Waals surface area contributed by atoms with Crippen LogP contribution in [0, 0.1) is 53.3 Å². The molecule has 8 aliphatic carbocycles. The first-order valence-electron chi connectivity index (χ1n) is 36.3. The zero-order chi connectivity index (χ0) is 64.8. The Balaban J connectivity index is 0.000000497. The van der Waals surface area contributed by atoms with Crippen molar-refractivity contribution in [3.05, 3.63) is 96.2 Å². The van der Waals surface area contributed by atoms with Crippen LogP contribution in [-0.2, 0) is 0 Å². The number of rotatable bonds is 12. The molecule has 8 N–H and O–H groups in total. The van der Waals surface area contributed by atoms with E-state index >= 15 is 0 Å². The first-order chi connectivity index (χ1) is 41.8. The lowest BCUT2D eigenvalue weighted by Gasteiger charge is -2.30. The lowest BCUT2D eigenvalue weighted by molar-refractivity contribution is 0.0637. The van der Waals surface area contributed by atoms with Gasteiger partial charge in [0.2, 0.25) is 0 Å². The van der Waals surface area contributed by atoms with Gasteiger partial charge in [0.1, 0.15) is 0 Å². The fourth-order valence-electron chi connectivity index (χ4n) is 14.1. The van der Waals surface area contributed by atoms with Crippen LogP contribution < -0.4 is 0 Å². The summed E-state index contributed by atoms with van der Waals surface area (Å²) in [5, 5.41) is 75.1. The fraction of sp³-hybridized carbons (Fsp3) is 0.797. The van der Waals surface area contributed by atoms with Crippen LogP contribution in [0.4, 0.5) is 0 Å². The van der Waals surface area contributed by atoms with E-state index < -0.39 is 0 Å². The zero-order valence-corrected chi connectivity index (χ0v) is 58.3. The van der Waals surface area contributed by atoms with Crippen LogP contribution in [0.15, 0.2) is 96.2 Å². The molecule has 0 aliphatic heterocycles. The highest BCUT2D eigenvalue weighted by molar-refractivity contribution is 5.06. The third-order valence-corrected chi connectivity index (χ3v) is 20.8. The van der Waals surface area contributed by atoms with E-state index in [1.165, 1.54) is 139 Å². The van der Waals surface area contributed by atoms with Crippen LogP contribution in [0.1, 0.15) is 301 Å². The standard InChI is InChI=1S/7C10H18O.C9H16O/c1-3-8(2)9-4-6-10(11)7-5-9;1-3-8(2)9-5-4-6-10(11)7-9;1-3-8(2)9-6-4-5-7-10(9)11;1-2-3-6-9-7-4-5-8-10(9)11;1-2-3-5-9-6-4-7-10(11)8-9;2*1-2-3-4-9-5-7-10(11)8-6-9;1-3-8-7(2)5-4-6-9(8)10/h3*3,9-11H,4-7H2,1-2H3;2*2-3,9-11H,4-8H2,1H3;3-4,9-11H,2,5-8H2,1H3;2-3,9-11H,4-8H2,1H3;3,7-10H,1,4-6H2,2H3/b3*8-3+;2*3-2+;4-3+;3-2+;. The molecule has 11 atom stereocenters. The van der Waals surface area contributed by atoms with E-state index in [1.54, 1.807) is 0 Å². The van der Waals surface area contributed by atoms with Gasteiger partial charge in [-0.15, -0.1) is 6.58 Å². The molecule has 8 fully saturated rings. The highest BCUT2D eigenvalue weighted by atomic mass is 16.3. The number of hydrogen-bond acceptors (Lipinski definition) is 8. The lowest BCUT2D eigenvalue weighted by atomic mass is 9.78. The molecule has 0 saturated heterocycles. The van der Waals surface area contributed by atoms with E-state index in [0.29, 0.717) is 29.6 Å². The van der Waals surface area contributed by atoms with Crippen LogP contribution in [0.3, 0.4) is 0 Å². The van der Waals surface area contributed by atoms with Gasteiger partial charge in [-0.1, -0.05) is 148 Å². The van der Waals surface area contributed by atoms with Crippen molar-refractivity contribution in [2.24, 2.45) is 53.3 Å². The summed E-state index contributed by atoms with van der Waals surface area (Å²) in [6, 6.07) is 0. The molecular weight excluding hydrogens is 1080 g/mol. The highest BCUT2D eigenvalue weighted by Crippen LogP contribution is 2.34. The Labute approximate surface area is 537 Å². The number of allylic oxidation sites excluding steroid dienone is 13. The van der Waals surface area contributed by atoms with Gasteiger partial charge in [0.25, 0.3) is 0 Å². The molecular formula is C79H142O8. The summed E-state index contributed by atoms with van der Waals surface area (Å²) in [6.45, 7) is 27.0. The van der Waals surface area contributed by atoms with Crippen LogP contribution in [0.2, 0.25) is 0 Å². The smallest absolute Gasteiger partial charge is 0.0605 e. The molecule has 0 heterocycles. The van der Waals surface area contributed by atoms with E-state index in [0.717, 1.165) is 126 Å². The third kappa shape index (κ3) is 38.9. The van der Waals surface area contributed by atoms with Crippen molar-refractivity contribution in [1.82, 2.24) is 0 Å². The molecule has 8 heteroatoms. The van der Waals surface area contributed by atoms with Crippen molar-refractivity contribution >= 4 is 0 Å². The maximum Gasteiger partial charge on any atom is 0.0605 e. The van der Waals surface area contributed by atoms with Crippen LogP contribution >= 0.6 is 0 Å². The minimum Gasteiger partial charge on any atom is -0.393 e. The van der Waals surface area contributed by atoms with Crippen molar-refractivity contribution in [2.75, 3.05) is 0 Å². The fourth-order valence-corrected chi connectivity index (χ4v) is 14.1. The van der Waals surface area contributed by atoms with Gasteiger partial charge < -0.3 is 40.9 Å². The van der Waals surface area contributed by atoms with Gasteiger partial charge in [-0.3, -0.25) is 0 Å². The number of aliphatic hydroxyl groups excluding tert-OH is 8. The van der Waals surface area contributed by atoms with E-state index in [1.807, 2.05) is 13.0 Å². The summed E-state index contributed by atoms with van der Waals surface area (Å²) in [5.41, 5.74) is 4.30. The maximum atomic E-state index is 9.63. The van der Waals surface area contributed by atoms with E-state index in [9.17, 15) is 40.9 Å². The summed E-state index contributed by atoms with van der Waals surface area (Å²) in [6.07, 6.45) is 65.1. The van der Waals surface area contributed by atoms with Crippen molar-refractivity contribution in [2.45, 2.75) is 350 Å². The Hall–Kier alpha value is -2.40. The van der Waals surface area contributed by atoms with Gasteiger partial charge in [0.15, 0.2) is 0 Å². The lowest BCUT2D eigenvalue weighted by Crippen LogP contribution is -2.28. The summed E-state index contributed by atoms with van der Waals surface area (Å²) in [5.74, 6) is 5.71.